The lowest BCUT2D eigenvalue weighted by atomic mass is 10.2. The van der Waals surface area contributed by atoms with Crippen molar-refractivity contribution in [3.8, 4) is 5.75 Å². The second kappa shape index (κ2) is 9.34. The summed E-state index contributed by atoms with van der Waals surface area (Å²) in [5.41, 5.74) is 1.78. The first-order chi connectivity index (χ1) is 14.2. The summed E-state index contributed by atoms with van der Waals surface area (Å²) >= 11 is 0. The van der Waals surface area contributed by atoms with Crippen molar-refractivity contribution in [1.82, 2.24) is 25.1 Å². The number of fused-ring (bicyclic) bond motifs is 1. The molecule has 1 saturated heterocycles. The summed E-state index contributed by atoms with van der Waals surface area (Å²) < 4.78 is 10.7. The number of hydrogen-bond donors (Lipinski definition) is 2. The first-order valence-electron chi connectivity index (χ1n) is 10.1. The average Bonchev–Trinajstić information content (AvgIpc) is 2.75. The molecule has 29 heavy (non-hydrogen) atoms. The Morgan fingerprint density at radius 2 is 2.00 bits per heavy atom. The second-order valence-electron chi connectivity index (χ2n) is 7.33. The molecule has 0 atom stereocenters. The van der Waals surface area contributed by atoms with Gasteiger partial charge < -0.3 is 14.8 Å². The smallest absolute Gasteiger partial charge is 0.230 e. The van der Waals surface area contributed by atoms with Gasteiger partial charge in [0.1, 0.15) is 5.75 Å². The minimum atomic E-state index is 0.548. The summed E-state index contributed by atoms with van der Waals surface area (Å²) in [6.07, 6.45) is 1.14. The van der Waals surface area contributed by atoms with Gasteiger partial charge in [-0.05, 0) is 38.1 Å². The quantitative estimate of drug-likeness (QED) is 0.751. The van der Waals surface area contributed by atoms with Crippen molar-refractivity contribution in [3.63, 3.8) is 0 Å². The van der Waals surface area contributed by atoms with Crippen LogP contribution in [0.15, 0.2) is 23.2 Å². The van der Waals surface area contributed by atoms with E-state index < -0.39 is 0 Å². The van der Waals surface area contributed by atoms with Gasteiger partial charge in [-0.15, -0.1) is 0 Å². The molecule has 0 saturated carbocycles. The summed E-state index contributed by atoms with van der Waals surface area (Å²) in [4.78, 5) is 18.5. The zero-order valence-electron chi connectivity index (χ0n) is 17.1. The van der Waals surface area contributed by atoms with Crippen LogP contribution in [0.4, 0.5) is 5.95 Å². The van der Waals surface area contributed by atoms with Crippen molar-refractivity contribution in [2.24, 2.45) is 4.99 Å². The monoisotopic (exact) mass is 399 g/mol. The van der Waals surface area contributed by atoms with Crippen molar-refractivity contribution >= 4 is 22.8 Å². The largest absolute Gasteiger partial charge is 0.497 e. The highest BCUT2D eigenvalue weighted by Crippen LogP contribution is 2.22. The summed E-state index contributed by atoms with van der Waals surface area (Å²) in [6, 6.07) is 5.81. The maximum Gasteiger partial charge on any atom is 0.230 e. The zero-order chi connectivity index (χ0) is 20.1. The highest BCUT2D eigenvalue weighted by Gasteiger charge is 2.15. The highest BCUT2D eigenvalue weighted by molar-refractivity contribution is 5.93. The molecule has 4 rings (SSSR count). The summed E-state index contributed by atoms with van der Waals surface area (Å²) in [7, 11) is 1.66. The van der Waals surface area contributed by atoms with E-state index in [0.717, 1.165) is 74.8 Å². The Balaban J connectivity index is 1.30. The SMILES string of the molecule is COc1ccc2nc(NC3=NCN(CCCN4CCOCC4)CN3)nc(C)c2c1. The van der Waals surface area contributed by atoms with Gasteiger partial charge in [0.05, 0.1) is 44.9 Å². The summed E-state index contributed by atoms with van der Waals surface area (Å²) in [6.45, 7) is 9.34. The Morgan fingerprint density at radius 3 is 2.76 bits per heavy atom. The van der Waals surface area contributed by atoms with Crippen molar-refractivity contribution in [1.29, 1.82) is 0 Å². The number of aromatic nitrogens is 2. The van der Waals surface area contributed by atoms with Crippen molar-refractivity contribution in [2.75, 3.05) is 65.2 Å². The Hall–Kier alpha value is -2.49. The first-order valence-corrected chi connectivity index (χ1v) is 10.1. The Kier molecular flexibility index (Phi) is 6.38. The average molecular weight is 399 g/mol. The van der Waals surface area contributed by atoms with Gasteiger partial charge >= 0.3 is 0 Å². The molecule has 9 heteroatoms. The van der Waals surface area contributed by atoms with E-state index in [1.807, 2.05) is 25.1 Å². The first kappa shape index (κ1) is 19.8. The van der Waals surface area contributed by atoms with Gasteiger partial charge in [0.15, 0.2) is 0 Å². The molecule has 0 radical (unpaired) electrons. The van der Waals surface area contributed by atoms with Crippen LogP contribution in [-0.2, 0) is 4.74 Å². The van der Waals surface area contributed by atoms with E-state index in [1.54, 1.807) is 7.11 Å². The number of aliphatic imine (C=N–C) groups is 1. The van der Waals surface area contributed by atoms with E-state index in [0.29, 0.717) is 18.6 Å². The maximum atomic E-state index is 5.40. The fourth-order valence-corrected chi connectivity index (χ4v) is 3.59. The standard InChI is InChI=1S/C20H29N7O2/c1-15-17-12-16(28-2)4-5-18(17)24-20(23-15)25-19-21-13-27(14-22-19)7-3-6-26-8-10-29-11-9-26/h4-5,12H,3,6-11,13-14H2,1-2H3,(H2,21,22,23,24,25). The molecule has 9 nitrogen and oxygen atoms in total. The summed E-state index contributed by atoms with van der Waals surface area (Å²) in [5.74, 6) is 2.06. The molecule has 2 aromatic rings. The Labute approximate surface area is 171 Å². The molecule has 2 aliphatic rings. The molecule has 156 valence electrons. The van der Waals surface area contributed by atoms with Crippen LogP contribution < -0.4 is 15.4 Å². The van der Waals surface area contributed by atoms with E-state index in [9.17, 15) is 0 Å². The van der Waals surface area contributed by atoms with Crippen molar-refractivity contribution in [3.05, 3.63) is 23.9 Å². The lowest BCUT2D eigenvalue weighted by Crippen LogP contribution is -2.47. The van der Waals surface area contributed by atoms with E-state index >= 15 is 0 Å². The third kappa shape index (κ3) is 5.11. The topological polar surface area (TPSA) is 87.1 Å². The molecule has 1 aromatic carbocycles. The van der Waals surface area contributed by atoms with Gasteiger partial charge in [-0.1, -0.05) is 0 Å². The Bertz CT molecular complexity index is 867. The predicted molar refractivity (Wildman–Crippen MR) is 113 cm³/mol. The van der Waals surface area contributed by atoms with E-state index in [2.05, 4.69) is 35.4 Å². The molecular weight excluding hydrogens is 370 g/mol. The number of morpholine rings is 1. The number of anilines is 1. The molecule has 0 aliphatic carbocycles. The lowest BCUT2D eigenvalue weighted by molar-refractivity contribution is 0.0360. The minimum absolute atomic E-state index is 0.548. The number of benzene rings is 1. The molecule has 0 bridgehead atoms. The molecule has 0 spiro atoms. The van der Waals surface area contributed by atoms with Gasteiger partial charge in [-0.2, -0.15) is 0 Å². The van der Waals surface area contributed by atoms with Crippen LogP contribution >= 0.6 is 0 Å². The molecule has 0 amide bonds. The number of hydrogen-bond acceptors (Lipinski definition) is 9. The second-order valence-corrected chi connectivity index (χ2v) is 7.33. The third-order valence-electron chi connectivity index (χ3n) is 5.27. The zero-order valence-corrected chi connectivity index (χ0v) is 17.1. The number of rotatable bonds is 6. The van der Waals surface area contributed by atoms with Crippen LogP contribution in [-0.4, -0.2) is 85.6 Å². The number of aryl methyl sites for hydroxylation is 1. The van der Waals surface area contributed by atoms with Gasteiger partial charge in [-0.3, -0.25) is 15.1 Å². The fourth-order valence-electron chi connectivity index (χ4n) is 3.59. The van der Waals surface area contributed by atoms with E-state index in [4.69, 9.17) is 9.47 Å². The van der Waals surface area contributed by atoms with Crippen LogP contribution in [0.1, 0.15) is 12.1 Å². The predicted octanol–water partition coefficient (Wildman–Crippen LogP) is 1.26. The maximum absolute atomic E-state index is 5.40. The lowest BCUT2D eigenvalue weighted by Gasteiger charge is -2.29. The van der Waals surface area contributed by atoms with Gasteiger partial charge in [0.2, 0.25) is 11.9 Å². The molecule has 0 unspecified atom stereocenters. The highest BCUT2D eigenvalue weighted by atomic mass is 16.5. The summed E-state index contributed by atoms with van der Waals surface area (Å²) in [5, 5.41) is 7.52. The van der Waals surface area contributed by atoms with Crippen molar-refractivity contribution in [2.45, 2.75) is 13.3 Å². The van der Waals surface area contributed by atoms with Gasteiger partial charge in [-0.25, -0.2) is 15.0 Å². The van der Waals surface area contributed by atoms with Gasteiger partial charge in [0.25, 0.3) is 0 Å². The normalized spacial score (nSPS) is 18.3. The molecule has 3 heterocycles. The molecule has 1 aromatic heterocycles. The molecule has 1 fully saturated rings. The number of nitrogens with zero attached hydrogens (tertiary/aromatic N) is 5. The molecular formula is C20H29N7O2. The number of guanidine groups is 1. The minimum Gasteiger partial charge on any atom is -0.497 e. The fraction of sp³-hybridized carbons (Fsp3) is 0.550. The number of ether oxygens (including phenoxy) is 2. The third-order valence-corrected chi connectivity index (χ3v) is 5.27. The van der Waals surface area contributed by atoms with Crippen LogP contribution in [0.2, 0.25) is 0 Å². The number of methoxy groups -OCH3 is 1. The Morgan fingerprint density at radius 1 is 1.17 bits per heavy atom. The van der Waals surface area contributed by atoms with Crippen LogP contribution in [0.5, 0.6) is 5.75 Å². The van der Waals surface area contributed by atoms with Crippen LogP contribution in [0.25, 0.3) is 10.9 Å². The van der Waals surface area contributed by atoms with Crippen LogP contribution in [0.3, 0.4) is 0 Å². The van der Waals surface area contributed by atoms with Crippen molar-refractivity contribution < 1.29 is 9.47 Å². The van der Waals surface area contributed by atoms with Gasteiger partial charge in [0, 0.05) is 25.0 Å². The van der Waals surface area contributed by atoms with E-state index in [1.165, 1.54) is 0 Å². The molecule has 2 N–H and O–H groups in total. The van der Waals surface area contributed by atoms with Crippen LogP contribution in [0, 0.1) is 6.92 Å². The molecule has 2 aliphatic heterocycles. The van der Waals surface area contributed by atoms with E-state index in [-0.39, 0.29) is 0 Å². The number of nitrogens with one attached hydrogen (secondary N) is 2.